The maximum Gasteiger partial charge on any atom is 0.175 e. The molecule has 12 heavy (non-hydrogen) atoms. The van der Waals surface area contributed by atoms with E-state index in [1.807, 2.05) is 4.90 Å². The minimum absolute atomic E-state index is 0.353. The highest BCUT2D eigenvalue weighted by molar-refractivity contribution is 4.91. The molecule has 3 N–H and O–H groups in total. The second-order valence-corrected chi connectivity index (χ2v) is 3.32. The molecule has 2 fully saturated rings. The van der Waals surface area contributed by atoms with Crippen molar-refractivity contribution in [1.29, 1.82) is 0 Å². The van der Waals surface area contributed by atoms with Crippen LogP contribution in [0.15, 0.2) is 0 Å². The van der Waals surface area contributed by atoms with E-state index >= 15 is 0 Å². The van der Waals surface area contributed by atoms with Crippen LogP contribution < -0.4 is 0 Å². The summed E-state index contributed by atoms with van der Waals surface area (Å²) in [7, 11) is 0. The lowest BCUT2D eigenvalue weighted by Crippen LogP contribution is -2.54. The molecular formula is C7H13NO4. The summed E-state index contributed by atoms with van der Waals surface area (Å²) in [6.07, 6.45) is -1.89. The molecule has 2 saturated heterocycles. The predicted octanol–water partition coefficient (Wildman–Crippen LogP) is -1.91. The van der Waals surface area contributed by atoms with Gasteiger partial charge in [-0.3, -0.25) is 4.90 Å². The number of rotatable bonds is 0. The van der Waals surface area contributed by atoms with E-state index in [0.717, 1.165) is 0 Å². The average molecular weight is 175 g/mol. The zero-order valence-corrected chi connectivity index (χ0v) is 6.63. The van der Waals surface area contributed by atoms with Gasteiger partial charge < -0.3 is 20.1 Å². The van der Waals surface area contributed by atoms with E-state index in [1.54, 1.807) is 0 Å². The van der Waals surface area contributed by atoms with Crippen molar-refractivity contribution >= 4 is 0 Å². The van der Waals surface area contributed by atoms with Crippen molar-refractivity contribution in [3.63, 3.8) is 0 Å². The monoisotopic (exact) mass is 175 g/mol. The molecule has 2 aliphatic rings. The molecule has 0 amide bonds. The van der Waals surface area contributed by atoms with Gasteiger partial charge in [-0.1, -0.05) is 0 Å². The van der Waals surface area contributed by atoms with Crippen molar-refractivity contribution in [2.45, 2.75) is 31.1 Å². The molecular weight excluding hydrogens is 162 g/mol. The summed E-state index contributed by atoms with van der Waals surface area (Å²) < 4.78 is 4.78. The Balaban J connectivity index is 2.09. The van der Waals surface area contributed by atoms with Gasteiger partial charge >= 0.3 is 0 Å². The van der Waals surface area contributed by atoms with Gasteiger partial charge in [0.1, 0.15) is 0 Å². The third-order valence-electron chi connectivity index (χ3n) is 2.51. The lowest BCUT2D eigenvalue weighted by atomic mass is 10.1. The number of hydrogen-bond donors (Lipinski definition) is 3. The molecule has 2 heterocycles. The molecule has 2 rings (SSSR count). The van der Waals surface area contributed by atoms with Gasteiger partial charge in [0, 0.05) is 13.1 Å². The largest absolute Gasteiger partial charge is 0.391 e. The summed E-state index contributed by atoms with van der Waals surface area (Å²) in [6, 6.07) is -0.353. The number of hydrogen-bond acceptors (Lipinski definition) is 5. The van der Waals surface area contributed by atoms with Crippen LogP contribution in [0.4, 0.5) is 0 Å². The Morgan fingerprint density at radius 2 is 2.00 bits per heavy atom. The van der Waals surface area contributed by atoms with Gasteiger partial charge in [0.15, 0.2) is 12.6 Å². The van der Waals surface area contributed by atoms with Crippen LogP contribution in [0.5, 0.6) is 0 Å². The van der Waals surface area contributed by atoms with Crippen molar-refractivity contribution in [2.24, 2.45) is 0 Å². The normalized spacial score (nSPS) is 49.2. The molecule has 0 aromatic heterocycles. The summed E-state index contributed by atoms with van der Waals surface area (Å²) in [5.41, 5.74) is 0. The van der Waals surface area contributed by atoms with E-state index in [2.05, 4.69) is 0 Å². The van der Waals surface area contributed by atoms with E-state index in [-0.39, 0.29) is 6.04 Å². The van der Waals surface area contributed by atoms with Crippen molar-refractivity contribution in [3.05, 3.63) is 0 Å². The van der Waals surface area contributed by atoms with Gasteiger partial charge in [0.2, 0.25) is 0 Å². The smallest absolute Gasteiger partial charge is 0.175 e. The summed E-state index contributed by atoms with van der Waals surface area (Å²) in [5, 5.41) is 27.9. The third kappa shape index (κ3) is 1.23. The molecule has 5 heteroatoms. The summed E-state index contributed by atoms with van der Waals surface area (Å²) in [4.78, 5) is 1.85. The minimum Gasteiger partial charge on any atom is -0.391 e. The number of aliphatic hydroxyl groups excluding tert-OH is 3. The Labute approximate surface area is 70.2 Å². The molecule has 0 radical (unpaired) electrons. The van der Waals surface area contributed by atoms with Crippen molar-refractivity contribution < 1.29 is 20.1 Å². The number of nitrogens with zero attached hydrogens (tertiary/aromatic N) is 1. The van der Waals surface area contributed by atoms with E-state index in [1.165, 1.54) is 0 Å². The molecule has 5 nitrogen and oxygen atoms in total. The molecule has 0 saturated carbocycles. The van der Waals surface area contributed by atoms with Gasteiger partial charge in [-0.2, -0.15) is 0 Å². The number of fused-ring (bicyclic) bond motifs is 1. The number of aliphatic hydroxyl groups is 3. The van der Waals surface area contributed by atoms with Gasteiger partial charge in [-0.05, 0) is 6.42 Å². The Morgan fingerprint density at radius 1 is 1.25 bits per heavy atom. The Kier molecular flexibility index (Phi) is 2.05. The number of morpholine rings is 1. The fourth-order valence-corrected chi connectivity index (χ4v) is 1.93. The zero-order chi connectivity index (χ0) is 8.72. The minimum atomic E-state index is -1.06. The Hall–Kier alpha value is -0.200. The summed E-state index contributed by atoms with van der Waals surface area (Å²) in [5.74, 6) is 0. The van der Waals surface area contributed by atoms with Gasteiger partial charge in [-0.15, -0.1) is 0 Å². The Morgan fingerprint density at radius 3 is 2.75 bits per heavy atom. The lowest BCUT2D eigenvalue weighted by Gasteiger charge is -2.37. The molecule has 0 aromatic carbocycles. The van der Waals surface area contributed by atoms with Crippen LogP contribution in [0.2, 0.25) is 0 Å². The first kappa shape index (κ1) is 8.40. The standard InChI is InChI=1S/C7H13NO4/c9-4-1-2-8-3-5(10)12-7(11)6(4)8/h4-7,9-11H,1-3H2/t4-,5?,6+,7?/m0/s1. The van der Waals surface area contributed by atoms with Gasteiger partial charge in [0.05, 0.1) is 12.1 Å². The second kappa shape index (κ2) is 2.93. The fraction of sp³-hybridized carbons (Fsp3) is 1.00. The van der Waals surface area contributed by atoms with Crippen molar-refractivity contribution in [1.82, 2.24) is 4.90 Å². The highest BCUT2D eigenvalue weighted by Crippen LogP contribution is 2.25. The Bertz CT molecular complexity index is 177. The molecule has 2 unspecified atom stereocenters. The summed E-state index contributed by atoms with van der Waals surface area (Å²) in [6.45, 7) is 1.09. The third-order valence-corrected chi connectivity index (χ3v) is 2.51. The maximum absolute atomic E-state index is 9.42. The quantitative estimate of drug-likeness (QED) is 0.400. The molecule has 0 spiro atoms. The SMILES string of the molecule is OC1CN2CC[C@H](O)[C@@H]2C(O)O1. The van der Waals surface area contributed by atoms with Crippen LogP contribution in [-0.4, -0.2) is 58.0 Å². The fourth-order valence-electron chi connectivity index (χ4n) is 1.93. The average Bonchev–Trinajstić information content (AvgIpc) is 2.31. The highest BCUT2D eigenvalue weighted by Gasteiger charge is 2.43. The highest BCUT2D eigenvalue weighted by atomic mass is 16.7. The van der Waals surface area contributed by atoms with Crippen LogP contribution in [0, 0.1) is 0 Å². The van der Waals surface area contributed by atoms with Crippen molar-refractivity contribution in [3.8, 4) is 0 Å². The molecule has 70 valence electrons. The van der Waals surface area contributed by atoms with E-state index in [4.69, 9.17) is 9.84 Å². The first-order valence-electron chi connectivity index (χ1n) is 4.12. The first-order chi connectivity index (χ1) is 5.68. The van der Waals surface area contributed by atoms with Crippen LogP contribution in [-0.2, 0) is 4.74 Å². The van der Waals surface area contributed by atoms with Crippen LogP contribution in [0.25, 0.3) is 0 Å². The van der Waals surface area contributed by atoms with E-state index < -0.39 is 18.7 Å². The molecule has 0 bridgehead atoms. The van der Waals surface area contributed by atoms with Crippen LogP contribution >= 0.6 is 0 Å². The topological polar surface area (TPSA) is 73.2 Å². The van der Waals surface area contributed by atoms with Gasteiger partial charge in [-0.25, -0.2) is 0 Å². The van der Waals surface area contributed by atoms with Crippen LogP contribution in [0.3, 0.4) is 0 Å². The van der Waals surface area contributed by atoms with Crippen LogP contribution in [0.1, 0.15) is 6.42 Å². The van der Waals surface area contributed by atoms with E-state index in [9.17, 15) is 10.2 Å². The molecule has 0 aromatic rings. The number of ether oxygens (including phenoxy) is 1. The molecule has 4 atom stereocenters. The second-order valence-electron chi connectivity index (χ2n) is 3.32. The van der Waals surface area contributed by atoms with E-state index in [0.29, 0.717) is 19.5 Å². The maximum atomic E-state index is 9.42. The van der Waals surface area contributed by atoms with Crippen molar-refractivity contribution in [2.75, 3.05) is 13.1 Å². The predicted molar refractivity (Wildman–Crippen MR) is 39.1 cm³/mol. The zero-order valence-electron chi connectivity index (χ0n) is 6.63. The lowest BCUT2D eigenvalue weighted by molar-refractivity contribution is -0.271. The molecule has 0 aliphatic carbocycles. The molecule has 2 aliphatic heterocycles. The summed E-state index contributed by atoms with van der Waals surface area (Å²) >= 11 is 0. The van der Waals surface area contributed by atoms with Gasteiger partial charge in [0.25, 0.3) is 0 Å². The first-order valence-corrected chi connectivity index (χ1v) is 4.12.